The summed E-state index contributed by atoms with van der Waals surface area (Å²) in [5.41, 5.74) is -6.20. The van der Waals surface area contributed by atoms with Crippen molar-refractivity contribution in [2.24, 2.45) is 0 Å². The molecule has 2 rings (SSSR count). The lowest BCUT2D eigenvalue weighted by Crippen LogP contribution is -2.29. The molecule has 12 heteroatoms. The quantitative estimate of drug-likeness (QED) is 0.853. The van der Waals surface area contributed by atoms with Gasteiger partial charge in [-0.3, -0.25) is 4.72 Å². The first-order chi connectivity index (χ1) is 10.6. The maximum absolute atomic E-state index is 13.7. The molecule has 0 bridgehead atoms. The highest BCUT2D eigenvalue weighted by Crippen LogP contribution is 2.28. The molecular weight excluding hydrogens is 349 g/mol. The Morgan fingerprint density at radius 3 is 2.22 bits per heavy atom. The van der Waals surface area contributed by atoms with E-state index in [2.05, 4.69) is 9.97 Å². The van der Waals surface area contributed by atoms with Gasteiger partial charge in [-0.25, -0.2) is 18.7 Å². The highest BCUT2D eigenvalue weighted by Gasteiger charge is 2.46. The number of nitrogens with zero attached hydrogens (tertiary/aromatic N) is 2. The molecule has 1 heterocycles. The van der Waals surface area contributed by atoms with E-state index in [4.69, 9.17) is 4.74 Å². The number of ether oxygens (including phenoxy) is 1. The van der Waals surface area contributed by atoms with Crippen molar-refractivity contribution in [3.63, 3.8) is 0 Å². The molecule has 124 valence electrons. The highest BCUT2D eigenvalue weighted by atomic mass is 32.2. The average molecular weight is 355 g/mol. The summed E-state index contributed by atoms with van der Waals surface area (Å²) in [6, 6.07) is 1.76. The Morgan fingerprint density at radius 1 is 1.09 bits per heavy atom. The molecule has 0 amide bonds. The van der Waals surface area contributed by atoms with E-state index in [1.54, 1.807) is 0 Å². The summed E-state index contributed by atoms with van der Waals surface area (Å²) in [5.74, 6) is -2.43. The minimum atomic E-state index is -5.67. The summed E-state index contributed by atoms with van der Waals surface area (Å²) >= 11 is 0. The second kappa shape index (κ2) is 5.95. The van der Waals surface area contributed by atoms with Crippen LogP contribution in [0.2, 0.25) is 0 Å². The van der Waals surface area contributed by atoms with E-state index in [-0.39, 0.29) is 0 Å². The fraction of sp³-hybridized carbons (Fsp3) is 0.0909. The summed E-state index contributed by atoms with van der Waals surface area (Å²) in [6.45, 7) is 0. The number of hydrogen-bond acceptors (Lipinski definition) is 5. The standard InChI is InChI=1S/C11H6F5N3O3S/c12-6-4-17-10(18-5-6)22-9-2-1-7(3-8(9)13)19-23(20,21)11(14,15)16/h1-5,19H. The zero-order valence-corrected chi connectivity index (χ0v) is 11.6. The summed E-state index contributed by atoms with van der Waals surface area (Å²) in [7, 11) is -5.67. The van der Waals surface area contributed by atoms with Crippen molar-refractivity contribution in [1.82, 2.24) is 9.97 Å². The van der Waals surface area contributed by atoms with Crippen LogP contribution < -0.4 is 9.46 Å². The van der Waals surface area contributed by atoms with Gasteiger partial charge in [0.25, 0.3) is 0 Å². The number of hydrogen-bond donors (Lipinski definition) is 1. The molecule has 23 heavy (non-hydrogen) atoms. The molecule has 0 fully saturated rings. The van der Waals surface area contributed by atoms with Crippen molar-refractivity contribution in [2.45, 2.75) is 5.51 Å². The van der Waals surface area contributed by atoms with Crippen LogP contribution in [0.3, 0.4) is 0 Å². The van der Waals surface area contributed by atoms with Crippen molar-refractivity contribution in [3.8, 4) is 11.8 Å². The van der Waals surface area contributed by atoms with E-state index in [1.807, 2.05) is 0 Å². The second-order valence-electron chi connectivity index (χ2n) is 3.98. The molecular formula is C11H6F5N3O3S. The Labute approximate surface area is 126 Å². The Bertz CT molecular complexity index is 809. The minimum absolute atomic E-state index is 0.408. The van der Waals surface area contributed by atoms with Gasteiger partial charge in [0, 0.05) is 6.07 Å². The number of rotatable bonds is 4. The molecule has 0 radical (unpaired) electrons. The minimum Gasteiger partial charge on any atom is -0.421 e. The van der Waals surface area contributed by atoms with E-state index >= 15 is 0 Å². The van der Waals surface area contributed by atoms with E-state index in [1.165, 1.54) is 4.72 Å². The molecule has 0 aliphatic rings. The van der Waals surface area contributed by atoms with Gasteiger partial charge >= 0.3 is 21.5 Å². The largest absolute Gasteiger partial charge is 0.516 e. The molecule has 0 saturated heterocycles. The van der Waals surface area contributed by atoms with Gasteiger partial charge in [0.15, 0.2) is 17.4 Å². The van der Waals surface area contributed by atoms with Crippen molar-refractivity contribution < 1.29 is 35.1 Å². The third kappa shape index (κ3) is 4.03. The first-order valence-electron chi connectivity index (χ1n) is 5.62. The van der Waals surface area contributed by atoms with E-state index in [0.717, 1.165) is 24.5 Å². The maximum atomic E-state index is 13.7. The first kappa shape index (κ1) is 16.9. The smallest absolute Gasteiger partial charge is 0.421 e. The molecule has 6 nitrogen and oxygen atoms in total. The van der Waals surface area contributed by atoms with Gasteiger partial charge in [-0.1, -0.05) is 0 Å². The molecule has 2 aromatic rings. The molecule has 0 aliphatic heterocycles. The lowest BCUT2D eigenvalue weighted by Gasteiger charge is -2.11. The molecule has 0 unspecified atom stereocenters. The molecule has 0 atom stereocenters. The number of halogens is 5. The average Bonchev–Trinajstić information content (AvgIpc) is 2.42. The van der Waals surface area contributed by atoms with Crippen molar-refractivity contribution >= 4 is 15.7 Å². The van der Waals surface area contributed by atoms with Crippen LogP contribution in [0.5, 0.6) is 11.8 Å². The first-order valence-corrected chi connectivity index (χ1v) is 7.11. The van der Waals surface area contributed by atoms with Crippen LogP contribution in [-0.4, -0.2) is 23.9 Å². The zero-order chi connectivity index (χ0) is 17.3. The molecule has 0 spiro atoms. The number of aromatic nitrogens is 2. The molecule has 1 aromatic carbocycles. The predicted octanol–water partition coefficient (Wildman–Crippen LogP) is 2.81. The van der Waals surface area contributed by atoms with Crippen LogP contribution in [0, 0.1) is 11.6 Å². The van der Waals surface area contributed by atoms with Crippen LogP contribution in [0.4, 0.5) is 27.6 Å². The predicted molar refractivity (Wildman–Crippen MR) is 67.1 cm³/mol. The van der Waals surface area contributed by atoms with Crippen LogP contribution in [0.15, 0.2) is 30.6 Å². The van der Waals surface area contributed by atoms with E-state index in [0.29, 0.717) is 6.07 Å². The van der Waals surface area contributed by atoms with Crippen LogP contribution >= 0.6 is 0 Å². The monoisotopic (exact) mass is 355 g/mol. The second-order valence-corrected chi connectivity index (χ2v) is 5.66. The van der Waals surface area contributed by atoms with Gasteiger partial charge in [-0.15, -0.1) is 0 Å². The zero-order valence-electron chi connectivity index (χ0n) is 10.8. The van der Waals surface area contributed by atoms with Gasteiger partial charge in [0.05, 0.1) is 18.1 Å². The van der Waals surface area contributed by atoms with Crippen LogP contribution in [0.25, 0.3) is 0 Å². The summed E-state index contributed by atoms with van der Waals surface area (Å²) in [5, 5.41) is 0. The van der Waals surface area contributed by atoms with E-state index < -0.39 is 44.6 Å². The van der Waals surface area contributed by atoms with Gasteiger partial charge in [0.1, 0.15) is 0 Å². The summed E-state index contributed by atoms with van der Waals surface area (Å²) in [4.78, 5) is 6.79. The Morgan fingerprint density at radius 2 is 1.70 bits per heavy atom. The molecule has 0 aliphatic carbocycles. The summed E-state index contributed by atoms with van der Waals surface area (Å²) in [6.07, 6.45) is 1.51. The highest BCUT2D eigenvalue weighted by molar-refractivity contribution is 7.93. The number of alkyl halides is 3. The lowest BCUT2D eigenvalue weighted by atomic mass is 10.3. The normalized spacial score (nSPS) is 12.0. The Balaban J connectivity index is 2.20. The number of nitrogens with one attached hydrogen (secondary N) is 1. The molecule has 1 N–H and O–H groups in total. The summed E-state index contributed by atoms with van der Waals surface area (Å²) < 4.78 is 90.7. The molecule has 1 aromatic heterocycles. The van der Waals surface area contributed by atoms with Crippen LogP contribution in [0.1, 0.15) is 0 Å². The Hall–Kier alpha value is -2.50. The topological polar surface area (TPSA) is 81.2 Å². The van der Waals surface area contributed by atoms with Gasteiger partial charge in [-0.05, 0) is 12.1 Å². The fourth-order valence-electron chi connectivity index (χ4n) is 1.31. The van der Waals surface area contributed by atoms with Crippen molar-refractivity contribution in [3.05, 3.63) is 42.2 Å². The Kier molecular flexibility index (Phi) is 4.36. The number of anilines is 1. The molecule has 0 saturated carbocycles. The van der Waals surface area contributed by atoms with Gasteiger partial charge < -0.3 is 4.74 Å². The van der Waals surface area contributed by atoms with Crippen molar-refractivity contribution in [1.29, 1.82) is 0 Å². The number of benzene rings is 1. The van der Waals surface area contributed by atoms with E-state index in [9.17, 15) is 30.4 Å². The fourth-order valence-corrected chi connectivity index (χ4v) is 1.86. The SMILES string of the molecule is O=S(=O)(Nc1ccc(Oc2ncc(F)cn2)c(F)c1)C(F)(F)F. The maximum Gasteiger partial charge on any atom is 0.516 e. The van der Waals surface area contributed by atoms with Crippen molar-refractivity contribution in [2.75, 3.05) is 4.72 Å². The van der Waals surface area contributed by atoms with Gasteiger partial charge in [0.2, 0.25) is 0 Å². The van der Waals surface area contributed by atoms with Crippen LogP contribution in [-0.2, 0) is 10.0 Å². The number of sulfonamides is 1. The third-order valence-electron chi connectivity index (χ3n) is 2.29. The lowest BCUT2D eigenvalue weighted by molar-refractivity contribution is -0.0429. The third-order valence-corrected chi connectivity index (χ3v) is 3.40. The van der Waals surface area contributed by atoms with Gasteiger partial charge in [-0.2, -0.15) is 21.6 Å².